The van der Waals surface area contributed by atoms with E-state index >= 15 is 0 Å². The standard InChI is InChI=1S/C15H15Br4NO/c1-14(2,8-6-9(16)13(20)10(17)7-8)15(21)11(18)4-3-5-12(15)19/h3-7,11,21H,20H2,1-2H3. The molecule has 0 amide bonds. The summed E-state index contributed by atoms with van der Waals surface area (Å²) in [5.74, 6) is 0. The molecule has 3 N–H and O–H groups in total. The molecule has 2 atom stereocenters. The summed E-state index contributed by atoms with van der Waals surface area (Å²) in [4.78, 5) is -0.200. The Morgan fingerprint density at radius 1 is 1.19 bits per heavy atom. The molecule has 0 aliphatic heterocycles. The highest BCUT2D eigenvalue weighted by Gasteiger charge is 2.51. The van der Waals surface area contributed by atoms with E-state index in [1.165, 1.54) is 0 Å². The van der Waals surface area contributed by atoms with E-state index in [9.17, 15) is 5.11 Å². The molecule has 0 saturated heterocycles. The Morgan fingerprint density at radius 3 is 2.19 bits per heavy atom. The molecule has 1 aromatic carbocycles. The Kier molecular flexibility index (Phi) is 5.16. The molecule has 2 nitrogen and oxygen atoms in total. The third-order valence-electron chi connectivity index (χ3n) is 4.04. The first-order valence-electron chi connectivity index (χ1n) is 6.28. The Balaban J connectivity index is 2.61. The van der Waals surface area contributed by atoms with Crippen LogP contribution in [0.2, 0.25) is 0 Å². The normalized spacial score (nSPS) is 25.9. The van der Waals surface area contributed by atoms with Crippen molar-refractivity contribution < 1.29 is 5.11 Å². The van der Waals surface area contributed by atoms with E-state index in [1.54, 1.807) is 0 Å². The molecule has 0 aromatic heterocycles. The van der Waals surface area contributed by atoms with Gasteiger partial charge in [-0.05, 0) is 55.6 Å². The summed E-state index contributed by atoms with van der Waals surface area (Å²) in [5.41, 5.74) is 5.93. The largest absolute Gasteiger partial charge is 0.397 e. The maximum atomic E-state index is 11.4. The fraction of sp³-hybridized carbons (Fsp3) is 0.333. The number of nitrogens with two attached hydrogens (primary N) is 1. The van der Waals surface area contributed by atoms with Crippen LogP contribution < -0.4 is 5.73 Å². The van der Waals surface area contributed by atoms with Crippen molar-refractivity contribution in [2.75, 3.05) is 5.73 Å². The third-order valence-corrected chi connectivity index (χ3v) is 7.19. The lowest BCUT2D eigenvalue weighted by Gasteiger charge is -2.46. The molecule has 2 rings (SSSR count). The minimum Gasteiger partial charge on any atom is -0.397 e. The molecule has 0 bridgehead atoms. The van der Waals surface area contributed by atoms with Gasteiger partial charge in [-0.15, -0.1) is 0 Å². The topological polar surface area (TPSA) is 46.2 Å². The molecule has 6 heteroatoms. The SMILES string of the molecule is CC(C)(c1cc(Br)c(N)c(Br)c1)C1(O)C(Br)=CC=CC1Br. The molecule has 2 unspecified atom stereocenters. The van der Waals surface area contributed by atoms with Crippen LogP contribution in [0, 0.1) is 0 Å². The zero-order chi connectivity index (χ0) is 16.0. The van der Waals surface area contributed by atoms with Crippen LogP contribution in [0.5, 0.6) is 0 Å². The first-order valence-corrected chi connectivity index (χ1v) is 9.57. The summed E-state index contributed by atoms with van der Waals surface area (Å²) in [6.07, 6.45) is 5.73. The van der Waals surface area contributed by atoms with Crippen molar-refractivity contribution in [3.05, 3.63) is 49.4 Å². The lowest BCUT2D eigenvalue weighted by molar-refractivity contribution is 0.0254. The number of benzene rings is 1. The highest BCUT2D eigenvalue weighted by atomic mass is 79.9. The van der Waals surface area contributed by atoms with Crippen LogP contribution in [-0.4, -0.2) is 15.5 Å². The number of hydrogen-bond acceptors (Lipinski definition) is 2. The van der Waals surface area contributed by atoms with Crippen molar-refractivity contribution in [1.82, 2.24) is 0 Å². The van der Waals surface area contributed by atoms with Crippen molar-refractivity contribution in [3.63, 3.8) is 0 Å². The quantitative estimate of drug-likeness (QED) is 0.386. The summed E-state index contributed by atoms with van der Waals surface area (Å²) >= 11 is 14.0. The van der Waals surface area contributed by atoms with E-state index in [2.05, 4.69) is 63.7 Å². The van der Waals surface area contributed by atoms with Gasteiger partial charge in [0, 0.05) is 18.8 Å². The highest BCUT2D eigenvalue weighted by Crippen LogP contribution is 2.49. The number of anilines is 1. The van der Waals surface area contributed by atoms with Crippen LogP contribution in [0.4, 0.5) is 5.69 Å². The molecular formula is C15H15Br4NO. The molecule has 0 spiro atoms. The predicted octanol–water partition coefficient (Wildman–Crippen LogP) is 5.41. The Hall–Kier alpha value is 0.380. The summed E-state index contributed by atoms with van der Waals surface area (Å²) in [6, 6.07) is 3.91. The van der Waals surface area contributed by atoms with Crippen molar-refractivity contribution in [1.29, 1.82) is 0 Å². The summed E-state index contributed by atoms with van der Waals surface area (Å²) in [6.45, 7) is 4.03. The Labute approximate surface area is 158 Å². The van der Waals surface area contributed by atoms with Gasteiger partial charge in [0.2, 0.25) is 0 Å². The first-order chi connectivity index (χ1) is 9.62. The van der Waals surface area contributed by atoms with E-state index in [0.29, 0.717) is 5.69 Å². The molecule has 21 heavy (non-hydrogen) atoms. The second-order valence-electron chi connectivity index (χ2n) is 5.55. The molecule has 0 saturated carbocycles. The van der Waals surface area contributed by atoms with Gasteiger partial charge in [-0.1, -0.05) is 57.9 Å². The van der Waals surface area contributed by atoms with Gasteiger partial charge in [0.15, 0.2) is 0 Å². The number of nitrogen functional groups attached to an aromatic ring is 1. The molecule has 1 aliphatic rings. The van der Waals surface area contributed by atoms with Crippen LogP contribution in [0.15, 0.2) is 43.8 Å². The molecule has 1 aromatic rings. The van der Waals surface area contributed by atoms with Crippen LogP contribution in [0.25, 0.3) is 0 Å². The van der Waals surface area contributed by atoms with Gasteiger partial charge in [0.25, 0.3) is 0 Å². The molecular weight excluding hydrogens is 530 g/mol. The highest BCUT2D eigenvalue weighted by molar-refractivity contribution is 9.12. The van der Waals surface area contributed by atoms with Crippen molar-refractivity contribution in [2.45, 2.75) is 29.7 Å². The average Bonchev–Trinajstić information content (AvgIpc) is 2.41. The van der Waals surface area contributed by atoms with E-state index in [-0.39, 0.29) is 4.83 Å². The molecule has 0 fully saturated rings. The summed E-state index contributed by atoms with van der Waals surface area (Å²) < 4.78 is 2.36. The predicted molar refractivity (Wildman–Crippen MR) is 103 cm³/mol. The maximum Gasteiger partial charge on any atom is 0.121 e. The Morgan fingerprint density at radius 2 is 1.71 bits per heavy atom. The van der Waals surface area contributed by atoms with Gasteiger partial charge >= 0.3 is 0 Å². The number of aliphatic hydroxyl groups is 1. The zero-order valence-corrected chi connectivity index (χ0v) is 17.8. The van der Waals surface area contributed by atoms with Gasteiger partial charge in [-0.2, -0.15) is 0 Å². The minimum atomic E-state index is -1.10. The fourth-order valence-corrected chi connectivity index (χ4v) is 5.83. The molecule has 1 aliphatic carbocycles. The van der Waals surface area contributed by atoms with Gasteiger partial charge in [-0.25, -0.2) is 0 Å². The summed E-state index contributed by atoms with van der Waals surface area (Å²) in [5, 5.41) is 11.4. The van der Waals surface area contributed by atoms with E-state index in [0.717, 1.165) is 19.0 Å². The number of allylic oxidation sites excluding steroid dienone is 2. The van der Waals surface area contributed by atoms with Crippen LogP contribution in [-0.2, 0) is 5.41 Å². The van der Waals surface area contributed by atoms with E-state index < -0.39 is 11.0 Å². The van der Waals surface area contributed by atoms with E-state index in [4.69, 9.17) is 5.73 Å². The number of hydrogen-bond donors (Lipinski definition) is 2. The maximum absolute atomic E-state index is 11.4. The van der Waals surface area contributed by atoms with Crippen LogP contribution >= 0.6 is 63.7 Å². The monoisotopic (exact) mass is 541 g/mol. The van der Waals surface area contributed by atoms with E-state index in [1.807, 2.05) is 44.2 Å². The van der Waals surface area contributed by atoms with Gasteiger partial charge in [-0.3, -0.25) is 0 Å². The number of halogens is 4. The van der Waals surface area contributed by atoms with Gasteiger partial charge < -0.3 is 10.8 Å². The third kappa shape index (κ3) is 2.82. The second kappa shape index (κ2) is 6.11. The van der Waals surface area contributed by atoms with Crippen molar-refractivity contribution >= 4 is 69.4 Å². The van der Waals surface area contributed by atoms with Crippen molar-refractivity contribution in [3.8, 4) is 0 Å². The Bertz CT molecular complexity index is 616. The molecule has 0 radical (unpaired) electrons. The number of rotatable bonds is 2. The lowest BCUT2D eigenvalue weighted by atomic mass is 9.67. The second-order valence-corrected chi connectivity index (χ2v) is 9.10. The lowest BCUT2D eigenvalue weighted by Crippen LogP contribution is -2.54. The minimum absolute atomic E-state index is 0.200. The zero-order valence-electron chi connectivity index (χ0n) is 11.5. The number of alkyl halides is 1. The van der Waals surface area contributed by atoms with Crippen molar-refractivity contribution in [2.24, 2.45) is 0 Å². The summed E-state index contributed by atoms with van der Waals surface area (Å²) in [7, 11) is 0. The van der Waals surface area contributed by atoms with Crippen LogP contribution in [0.1, 0.15) is 19.4 Å². The van der Waals surface area contributed by atoms with Gasteiger partial charge in [0.05, 0.1) is 10.5 Å². The van der Waals surface area contributed by atoms with Crippen LogP contribution in [0.3, 0.4) is 0 Å². The first kappa shape index (κ1) is 17.7. The fourth-order valence-electron chi connectivity index (χ4n) is 2.44. The average molecular weight is 545 g/mol. The molecule has 114 valence electrons. The molecule has 0 heterocycles. The smallest absolute Gasteiger partial charge is 0.121 e. The van der Waals surface area contributed by atoms with Gasteiger partial charge in [0.1, 0.15) is 5.60 Å².